The Hall–Kier alpha value is -3.48. The van der Waals surface area contributed by atoms with Crippen molar-refractivity contribution in [3.05, 3.63) is 70.2 Å². The molecule has 1 unspecified atom stereocenters. The summed E-state index contributed by atoms with van der Waals surface area (Å²) in [7, 11) is 1.36. The molecule has 3 aromatic rings. The second-order valence-electron chi connectivity index (χ2n) is 7.57. The van der Waals surface area contributed by atoms with Crippen molar-refractivity contribution in [2.45, 2.75) is 33.1 Å². The van der Waals surface area contributed by atoms with E-state index in [1.807, 2.05) is 39.0 Å². The molecule has 0 saturated heterocycles. The largest absolute Gasteiger partial charge is 0.494 e. The first-order valence-corrected chi connectivity index (χ1v) is 9.65. The van der Waals surface area contributed by atoms with E-state index in [9.17, 15) is 14.0 Å². The van der Waals surface area contributed by atoms with Gasteiger partial charge in [-0.15, -0.1) is 0 Å². The van der Waals surface area contributed by atoms with Crippen molar-refractivity contribution in [1.82, 2.24) is 9.78 Å². The molecule has 154 valence electrons. The highest BCUT2D eigenvalue weighted by Gasteiger charge is 2.36. The molecule has 7 heteroatoms. The number of aryl methyl sites for hydroxylation is 3. The first kappa shape index (κ1) is 19.8. The van der Waals surface area contributed by atoms with Gasteiger partial charge in [-0.25, -0.2) is 9.07 Å². The van der Waals surface area contributed by atoms with E-state index in [1.54, 1.807) is 4.68 Å². The van der Waals surface area contributed by atoms with E-state index in [-0.39, 0.29) is 29.4 Å². The standard InChI is InChI=1S/C23H22FN3O3/c1-12-5-7-18(13(2)9-12)27-23-21(14(3)26-27)16(11-20(28)25-23)22(29)15-6-8-19(30-4)17(24)10-15/h5-10,16H,11H2,1-4H3,(H,25,28). The summed E-state index contributed by atoms with van der Waals surface area (Å²) in [5.74, 6) is -1.40. The number of ether oxygens (including phenoxy) is 1. The van der Waals surface area contributed by atoms with Crippen molar-refractivity contribution in [2.24, 2.45) is 0 Å². The van der Waals surface area contributed by atoms with Crippen LogP contribution in [0.3, 0.4) is 0 Å². The number of amides is 1. The normalized spacial score (nSPS) is 15.5. The molecular formula is C23H22FN3O3. The summed E-state index contributed by atoms with van der Waals surface area (Å²) in [5, 5.41) is 7.49. The van der Waals surface area contributed by atoms with Gasteiger partial charge in [-0.1, -0.05) is 17.7 Å². The molecule has 1 atom stereocenters. The van der Waals surface area contributed by atoms with E-state index in [2.05, 4.69) is 10.4 Å². The Morgan fingerprint density at radius 1 is 1.20 bits per heavy atom. The van der Waals surface area contributed by atoms with Crippen LogP contribution in [0.25, 0.3) is 5.69 Å². The van der Waals surface area contributed by atoms with Crippen molar-refractivity contribution in [1.29, 1.82) is 0 Å². The molecule has 2 heterocycles. The Bertz CT molecular complexity index is 1180. The molecule has 1 aliphatic heterocycles. The van der Waals surface area contributed by atoms with Gasteiger partial charge >= 0.3 is 0 Å². The van der Waals surface area contributed by atoms with Gasteiger partial charge in [0, 0.05) is 17.5 Å². The number of methoxy groups -OCH3 is 1. The zero-order valence-electron chi connectivity index (χ0n) is 17.2. The molecule has 2 aromatic carbocycles. The molecule has 1 aromatic heterocycles. The number of aromatic nitrogens is 2. The maximum Gasteiger partial charge on any atom is 0.226 e. The maximum absolute atomic E-state index is 14.2. The number of carbonyl (C=O) groups excluding carboxylic acids is 2. The minimum atomic E-state index is -0.735. The quantitative estimate of drug-likeness (QED) is 0.656. The van der Waals surface area contributed by atoms with Crippen LogP contribution < -0.4 is 10.1 Å². The Labute approximate surface area is 173 Å². The van der Waals surface area contributed by atoms with E-state index in [1.165, 1.54) is 19.2 Å². The summed E-state index contributed by atoms with van der Waals surface area (Å²) in [6.45, 7) is 5.79. The number of rotatable bonds is 4. The van der Waals surface area contributed by atoms with Crippen molar-refractivity contribution in [2.75, 3.05) is 12.4 Å². The van der Waals surface area contributed by atoms with E-state index in [0.717, 1.165) is 22.9 Å². The molecule has 6 nitrogen and oxygen atoms in total. The first-order valence-electron chi connectivity index (χ1n) is 9.65. The second-order valence-corrected chi connectivity index (χ2v) is 7.57. The van der Waals surface area contributed by atoms with Gasteiger partial charge in [0.2, 0.25) is 5.91 Å². The first-order chi connectivity index (χ1) is 14.3. The van der Waals surface area contributed by atoms with E-state index >= 15 is 0 Å². The highest BCUT2D eigenvalue weighted by molar-refractivity contribution is 6.08. The number of nitrogens with one attached hydrogen (secondary N) is 1. The summed E-state index contributed by atoms with van der Waals surface area (Å²) < 4.78 is 20.8. The molecule has 1 aliphatic rings. The van der Waals surface area contributed by atoms with Gasteiger partial charge in [-0.05, 0) is 50.6 Å². The van der Waals surface area contributed by atoms with Crippen LogP contribution >= 0.6 is 0 Å². The number of carbonyl (C=O) groups is 2. The number of fused-ring (bicyclic) bond motifs is 1. The molecule has 1 amide bonds. The predicted octanol–water partition coefficient (Wildman–Crippen LogP) is 4.25. The SMILES string of the molecule is COc1ccc(C(=O)C2CC(=O)Nc3c2c(C)nn3-c2ccc(C)cc2C)cc1F. The lowest BCUT2D eigenvalue weighted by atomic mass is 9.85. The number of halogens is 1. The Morgan fingerprint density at radius 2 is 1.97 bits per heavy atom. The third-order valence-electron chi connectivity index (χ3n) is 5.44. The number of ketones is 1. The van der Waals surface area contributed by atoms with E-state index < -0.39 is 11.7 Å². The number of benzene rings is 2. The zero-order chi connectivity index (χ0) is 21.6. The number of hydrogen-bond donors (Lipinski definition) is 1. The lowest BCUT2D eigenvalue weighted by molar-refractivity contribution is -0.116. The van der Waals surface area contributed by atoms with Gasteiger partial charge in [0.15, 0.2) is 17.3 Å². The monoisotopic (exact) mass is 407 g/mol. The highest BCUT2D eigenvalue weighted by Crippen LogP contribution is 2.39. The Kier molecular flexibility index (Phi) is 4.89. The fourth-order valence-electron chi connectivity index (χ4n) is 4.01. The fraction of sp³-hybridized carbons (Fsp3) is 0.261. The molecule has 0 bridgehead atoms. The smallest absolute Gasteiger partial charge is 0.226 e. The summed E-state index contributed by atoms with van der Waals surface area (Å²) in [5.41, 5.74) is 4.45. The lowest BCUT2D eigenvalue weighted by Crippen LogP contribution is -2.28. The van der Waals surface area contributed by atoms with Gasteiger partial charge in [0.25, 0.3) is 0 Å². The lowest BCUT2D eigenvalue weighted by Gasteiger charge is -2.23. The molecule has 0 fully saturated rings. The number of anilines is 1. The van der Waals surface area contributed by atoms with Crippen molar-refractivity contribution in [3.8, 4) is 11.4 Å². The van der Waals surface area contributed by atoms with Gasteiger partial charge in [0.05, 0.1) is 24.4 Å². The third-order valence-corrected chi connectivity index (χ3v) is 5.44. The predicted molar refractivity (Wildman–Crippen MR) is 111 cm³/mol. The number of Topliss-reactive ketones (excluding diaryl/α,β-unsaturated/α-hetero) is 1. The summed E-state index contributed by atoms with van der Waals surface area (Å²) in [6, 6.07) is 10.0. The van der Waals surface area contributed by atoms with Gasteiger partial charge in [0.1, 0.15) is 5.82 Å². The molecule has 0 radical (unpaired) electrons. The second kappa shape index (κ2) is 7.40. The minimum Gasteiger partial charge on any atom is -0.494 e. The molecular weight excluding hydrogens is 385 g/mol. The van der Waals surface area contributed by atoms with Gasteiger partial charge < -0.3 is 10.1 Å². The summed E-state index contributed by atoms with van der Waals surface area (Å²) in [6.07, 6.45) is -0.0150. The van der Waals surface area contributed by atoms with Crippen LogP contribution in [-0.2, 0) is 4.79 Å². The molecule has 4 rings (SSSR count). The van der Waals surface area contributed by atoms with Crippen LogP contribution in [0.5, 0.6) is 5.75 Å². The Balaban J connectivity index is 1.81. The zero-order valence-corrected chi connectivity index (χ0v) is 17.2. The van der Waals surface area contributed by atoms with E-state index in [0.29, 0.717) is 17.1 Å². The molecule has 1 N–H and O–H groups in total. The van der Waals surface area contributed by atoms with Crippen LogP contribution in [0.15, 0.2) is 36.4 Å². The summed E-state index contributed by atoms with van der Waals surface area (Å²) in [4.78, 5) is 25.7. The number of nitrogens with zero attached hydrogens (tertiary/aromatic N) is 2. The van der Waals surface area contributed by atoms with E-state index in [4.69, 9.17) is 4.74 Å². The molecule has 30 heavy (non-hydrogen) atoms. The van der Waals surface area contributed by atoms with Crippen LogP contribution in [-0.4, -0.2) is 28.6 Å². The average Bonchev–Trinajstić information content (AvgIpc) is 3.02. The van der Waals surface area contributed by atoms with Crippen molar-refractivity contribution >= 4 is 17.5 Å². The molecule has 0 aliphatic carbocycles. The highest BCUT2D eigenvalue weighted by atomic mass is 19.1. The van der Waals surface area contributed by atoms with Crippen molar-refractivity contribution in [3.63, 3.8) is 0 Å². The third kappa shape index (κ3) is 3.26. The minimum absolute atomic E-state index is 0.0150. The van der Waals surface area contributed by atoms with Crippen LogP contribution in [0.4, 0.5) is 10.2 Å². The maximum atomic E-state index is 14.2. The topological polar surface area (TPSA) is 73.2 Å². The fourth-order valence-corrected chi connectivity index (χ4v) is 4.01. The molecule has 0 spiro atoms. The Morgan fingerprint density at radius 3 is 2.63 bits per heavy atom. The molecule has 0 saturated carbocycles. The number of hydrogen-bond acceptors (Lipinski definition) is 4. The average molecular weight is 407 g/mol. The summed E-state index contributed by atoms with van der Waals surface area (Å²) >= 11 is 0. The van der Waals surface area contributed by atoms with Crippen LogP contribution in [0.1, 0.15) is 45.1 Å². The van der Waals surface area contributed by atoms with Gasteiger partial charge in [-0.3, -0.25) is 9.59 Å². The van der Waals surface area contributed by atoms with Crippen LogP contribution in [0, 0.1) is 26.6 Å². The van der Waals surface area contributed by atoms with Crippen LogP contribution in [0.2, 0.25) is 0 Å². The van der Waals surface area contributed by atoms with Gasteiger partial charge in [-0.2, -0.15) is 5.10 Å². The van der Waals surface area contributed by atoms with Crippen molar-refractivity contribution < 1.29 is 18.7 Å².